The van der Waals surface area contributed by atoms with E-state index in [1.807, 2.05) is 4.79 Å². The summed E-state index contributed by atoms with van der Waals surface area (Å²) in [5.41, 5.74) is 0. The molecule has 2 rings (SSSR count). The molecule has 1 aliphatic rings. The number of aromatic nitrogens is 4. The maximum Gasteiger partial charge on any atom is 0.174 e. The lowest BCUT2D eigenvalue weighted by Crippen LogP contribution is -2.45. The second-order valence-electron chi connectivity index (χ2n) is 5.42. The Morgan fingerprint density at radius 2 is 1.70 bits per heavy atom. The van der Waals surface area contributed by atoms with Gasteiger partial charge in [-0.05, 0) is 16.8 Å². The Hall–Kier alpha value is -1.17. The van der Waals surface area contributed by atoms with Crippen LogP contribution in [0.3, 0.4) is 0 Å². The fourth-order valence-electron chi connectivity index (χ4n) is 2.55. The van der Waals surface area contributed by atoms with E-state index >= 15 is 0 Å². The molecule has 6 heteroatoms. The van der Waals surface area contributed by atoms with Gasteiger partial charge in [-0.15, -0.1) is 9.89 Å². The Morgan fingerprint density at radius 3 is 2.45 bits per heavy atom. The van der Waals surface area contributed by atoms with Crippen molar-refractivity contribution in [2.45, 2.75) is 58.3 Å². The predicted molar refractivity (Wildman–Crippen MR) is 78.3 cm³/mol. The van der Waals surface area contributed by atoms with E-state index in [-0.39, 0.29) is 0 Å². The fraction of sp³-hybridized carbons (Fsp3) is 0.929. The van der Waals surface area contributed by atoms with Crippen LogP contribution in [0.2, 0.25) is 0 Å². The van der Waals surface area contributed by atoms with Crippen molar-refractivity contribution in [3.8, 4) is 0 Å². The summed E-state index contributed by atoms with van der Waals surface area (Å²) in [7, 11) is 0. The summed E-state index contributed by atoms with van der Waals surface area (Å²) >= 11 is 0. The van der Waals surface area contributed by atoms with Crippen LogP contribution in [0, 0.1) is 0 Å². The van der Waals surface area contributed by atoms with Gasteiger partial charge in [0, 0.05) is 6.42 Å². The number of hydrogen-bond acceptors (Lipinski definition) is 5. The molecule has 0 atom stereocenters. The van der Waals surface area contributed by atoms with Crippen molar-refractivity contribution in [3.05, 3.63) is 5.82 Å². The van der Waals surface area contributed by atoms with Gasteiger partial charge in [0.05, 0.1) is 26.3 Å². The molecular formula is C14H27N5O. The van der Waals surface area contributed by atoms with E-state index < -0.39 is 0 Å². The number of aryl methyl sites for hydroxylation is 1. The summed E-state index contributed by atoms with van der Waals surface area (Å²) in [5.74, 6) is 0.987. The molecule has 20 heavy (non-hydrogen) atoms. The summed E-state index contributed by atoms with van der Waals surface area (Å²) in [4.78, 5) is 1.87. The average molecular weight is 281 g/mol. The van der Waals surface area contributed by atoms with Crippen molar-refractivity contribution < 1.29 is 4.74 Å². The van der Waals surface area contributed by atoms with E-state index in [1.54, 1.807) is 0 Å². The van der Waals surface area contributed by atoms with E-state index in [4.69, 9.17) is 4.74 Å². The van der Waals surface area contributed by atoms with Gasteiger partial charge in [-0.2, -0.15) is 0 Å². The predicted octanol–water partition coefficient (Wildman–Crippen LogP) is 1.93. The molecule has 6 nitrogen and oxygen atoms in total. The normalized spacial score (nSPS) is 15.8. The molecule has 1 saturated heterocycles. The summed E-state index contributed by atoms with van der Waals surface area (Å²) in [6.07, 6.45) is 10.2. The minimum atomic E-state index is 0.761. The van der Waals surface area contributed by atoms with Gasteiger partial charge < -0.3 is 4.74 Å². The van der Waals surface area contributed by atoms with Gasteiger partial charge in [-0.3, -0.25) is 5.01 Å². The molecule has 0 amide bonds. The Labute approximate surface area is 121 Å². The second-order valence-corrected chi connectivity index (χ2v) is 5.42. The molecule has 0 aromatic carbocycles. The highest BCUT2D eigenvalue weighted by Gasteiger charge is 2.15. The maximum absolute atomic E-state index is 5.36. The third kappa shape index (κ3) is 4.74. The molecule has 0 spiro atoms. The van der Waals surface area contributed by atoms with Gasteiger partial charge in [0.2, 0.25) is 0 Å². The number of ether oxygens (including phenoxy) is 1. The second kappa shape index (κ2) is 8.89. The number of nitrogens with zero attached hydrogens (tertiary/aromatic N) is 5. The Bertz CT molecular complexity index is 362. The highest BCUT2D eigenvalue weighted by Crippen LogP contribution is 2.09. The van der Waals surface area contributed by atoms with Crippen LogP contribution >= 0.6 is 0 Å². The quantitative estimate of drug-likeness (QED) is 0.647. The first kappa shape index (κ1) is 15.2. The van der Waals surface area contributed by atoms with E-state index in [0.717, 1.165) is 38.5 Å². The van der Waals surface area contributed by atoms with Crippen LogP contribution in [0.1, 0.15) is 57.7 Å². The molecule has 1 aromatic rings. The average Bonchev–Trinajstić information content (AvgIpc) is 2.96. The van der Waals surface area contributed by atoms with E-state index in [2.05, 4.69) is 27.5 Å². The summed E-state index contributed by atoms with van der Waals surface area (Å²) in [6.45, 7) is 5.52. The standard InChI is InChI=1S/C14H27N5O/c1-2-3-4-5-6-7-8-9-14-15-16-17-19(14)18-10-12-20-13-11-18/h2-13H2,1H3. The first-order chi connectivity index (χ1) is 9.92. The molecule has 114 valence electrons. The van der Waals surface area contributed by atoms with Crippen LogP contribution in [0.5, 0.6) is 0 Å². The van der Waals surface area contributed by atoms with Gasteiger partial charge in [-0.1, -0.05) is 45.4 Å². The third-order valence-electron chi connectivity index (χ3n) is 3.78. The smallest absolute Gasteiger partial charge is 0.174 e. The summed E-state index contributed by atoms with van der Waals surface area (Å²) in [6, 6.07) is 0. The first-order valence-electron chi connectivity index (χ1n) is 8.02. The zero-order valence-corrected chi connectivity index (χ0v) is 12.6. The number of hydrogen-bond donors (Lipinski definition) is 0. The van der Waals surface area contributed by atoms with Crippen LogP contribution in [0.4, 0.5) is 0 Å². The largest absolute Gasteiger partial charge is 0.378 e. The molecule has 0 N–H and O–H groups in total. The fourth-order valence-corrected chi connectivity index (χ4v) is 2.55. The highest BCUT2D eigenvalue weighted by atomic mass is 16.5. The monoisotopic (exact) mass is 281 g/mol. The third-order valence-corrected chi connectivity index (χ3v) is 3.78. The van der Waals surface area contributed by atoms with E-state index in [1.165, 1.54) is 44.9 Å². The minimum absolute atomic E-state index is 0.761. The molecule has 1 aromatic heterocycles. The van der Waals surface area contributed by atoms with Crippen LogP contribution in [0.15, 0.2) is 0 Å². The molecular weight excluding hydrogens is 254 g/mol. The molecule has 0 aliphatic carbocycles. The SMILES string of the molecule is CCCCCCCCCc1nnnn1N1CCOCC1. The Balaban J connectivity index is 1.66. The van der Waals surface area contributed by atoms with Crippen LogP contribution < -0.4 is 5.01 Å². The van der Waals surface area contributed by atoms with E-state index in [9.17, 15) is 0 Å². The molecule has 0 saturated carbocycles. The van der Waals surface area contributed by atoms with Crippen molar-refractivity contribution in [1.29, 1.82) is 0 Å². The zero-order valence-electron chi connectivity index (χ0n) is 12.6. The van der Waals surface area contributed by atoms with Crippen LogP contribution in [-0.4, -0.2) is 46.6 Å². The van der Waals surface area contributed by atoms with Crippen molar-refractivity contribution in [1.82, 2.24) is 20.3 Å². The number of morpholine rings is 1. The molecule has 2 heterocycles. The van der Waals surface area contributed by atoms with Gasteiger partial charge in [0.15, 0.2) is 5.82 Å². The lowest BCUT2D eigenvalue weighted by molar-refractivity contribution is 0.108. The lowest BCUT2D eigenvalue weighted by atomic mass is 10.1. The number of unbranched alkanes of at least 4 members (excludes halogenated alkanes) is 6. The zero-order chi connectivity index (χ0) is 14.0. The van der Waals surface area contributed by atoms with Gasteiger partial charge >= 0.3 is 0 Å². The molecule has 0 radical (unpaired) electrons. The van der Waals surface area contributed by atoms with Crippen molar-refractivity contribution in [3.63, 3.8) is 0 Å². The minimum Gasteiger partial charge on any atom is -0.378 e. The van der Waals surface area contributed by atoms with Gasteiger partial charge in [0.25, 0.3) is 0 Å². The molecule has 0 unspecified atom stereocenters. The van der Waals surface area contributed by atoms with Crippen molar-refractivity contribution in [2.75, 3.05) is 31.3 Å². The van der Waals surface area contributed by atoms with Crippen LogP contribution in [-0.2, 0) is 11.2 Å². The molecule has 1 fully saturated rings. The Kier molecular flexibility index (Phi) is 6.77. The van der Waals surface area contributed by atoms with Gasteiger partial charge in [0.1, 0.15) is 0 Å². The highest BCUT2D eigenvalue weighted by molar-refractivity contribution is 4.92. The number of rotatable bonds is 9. The van der Waals surface area contributed by atoms with Crippen molar-refractivity contribution >= 4 is 0 Å². The van der Waals surface area contributed by atoms with Crippen LogP contribution in [0.25, 0.3) is 0 Å². The maximum atomic E-state index is 5.36. The number of tetrazole rings is 1. The summed E-state index contributed by atoms with van der Waals surface area (Å²) in [5, 5.41) is 14.2. The molecule has 0 bridgehead atoms. The lowest BCUT2D eigenvalue weighted by Gasteiger charge is -2.28. The van der Waals surface area contributed by atoms with E-state index in [0.29, 0.717) is 0 Å². The Morgan fingerprint density at radius 1 is 1.00 bits per heavy atom. The summed E-state index contributed by atoms with van der Waals surface area (Å²) < 4.78 is 5.36. The van der Waals surface area contributed by atoms with Gasteiger partial charge in [-0.25, -0.2) is 0 Å². The first-order valence-corrected chi connectivity index (χ1v) is 8.02. The topological polar surface area (TPSA) is 56.1 Å². The molecule has 1 aliphatic heterocycles. The van der Waals surface area contributed by atoms with Crippen molar-refractivity contribution in [2.24, 2.45) is 0 Å².